The minimum atomic E-state index is -4.41. The number of halogens is 6. The van der Waals surface area contributed by atoms with Gasteiger partial charge >= 0.3 is 6.18 Å². The first kappa shape index (κ1) is 12.3. The molecule has 1 saturated carbocycles. The maximum Gasteiger partial charge on any atom is 0.416 e. The number of benzene rings is 1. The van der Waals surface area contributed by atoms with Gasteiger partial charge in [0, 0.05) is 10.9 Å². The van der Waals surface area contributed by atoms with Crippen LogP contribution in [0.15, 0.2) is 18.2 Å². The van der Waals surface area contributed by atoms with E-state index in [1.165, 1.54) is 6.07 Å². The molecule has 1 fully saturated rings. The van der Waals surface area contributed by atoms with Gasteiger partial charge in [-0.05, 0) is 30.2 Å². The van der Waals surface area contributed by atoms with Crippen molar-refractivity contribution in [2.45, 2.75) is 22.8 Å². The molecule has 88 valence electrons. The molecule has 0 N–H and O–H groups in total. The predicted octanol–water partition coefficient (Wildman–Crippen LogP) is 5.02. The van der Waals surface area contributed by atoms with E-state index in [9.17, 15) is 13.2 Å². The molecule has 1 aliphatic carbocycles. The van der Waals surface area contributed by atoms with Gasteiger partial charge in [-0.3, -0.25) is 0 Å². The zero-order chi connectivity index (χ0) is 12.1. The third kappa shape index (κ3) is 2.41. The summed E-state index contributed by atoms with van der Waals surface area (Å²) < 4.78 is 36.5. The largest absolute Gasteiger partial charge is 0.416 e. The maximum absolute atomic E-state index is 12.5. The Balaban J connectivity index is 2.38. The predicted molar refractivity (Wildman–Crippen MR) is 58.2 cm³/mol. The highest BCUT2D eigenvalue weighted by atomic mass is 35.5. The van der Waals surface area contributed by atoms with Crippen molar-refractivity contribution in [3.05, 3.63) is 34.3 Å². The van der Waals surface area contributed by atoms with Gasteiger partial charge in [0.2, 0.25) is 0 Å². The average molecular weight is 290 g/mol. The van der Waals surface area contributed by atoms with Gasteiger partial charge in [-0.1, -0.05) is 11.6 Å². The fraction of sp³-hybridized carbons (Fsp3) is 0.400. The van der Waals surface area contributed by atoms with E-state index in [1.807, 2.05) is 0 Å². The first-order valence-corrected chi connectivity index (χ1v) is 5.59. The van der Waals surface area contributed by atoms with Crippen LogP contribution in [0.3, 0.4) is 0 Å². The number of hydrogen-bond acceptors (Lipinski definition) is 0. The van der Waals surface area contributed by atoms with Crippen LogP contribution in [0.2, 0.25) is 5.02 Å². The van der Waals surface area contributed by atoms with Crippen molar-refractivity contribution in [2.24, 2.45) is 0 Å². The number of rotatable bonds is 1. The second kappa shape index (κ2) is 3.69. The van der Waals surface area contributed by atoms with E-state index < -0.39 is 16.1 Å². The first-order valence-electron chi connectivity index (χ1n) is 4.46. The highest BCUT2D eigenvalue weighted by Crippen LogP contribution is 2.60. The van der Waals surface area contributed by atoms with Gasteiger partial charge in [0.05, 0.1) is 5.56 Å². The van der Waals surface area contributed by atoms with Gasteiger partial charge in [-0.25, -0.2) is 0 Å². The standard InChI is InChI=1S/C10H6Cl3F3/c11-7-2-5(8-4-9(8,12)13)1-6(3-7)10(14,15)16/h1-3,8H,4H2. The Morgan fingerprint density at radius 3 is 2.19 bits per heavy atom. The SMILES string of the molecule is FC(F)(F)c1cc(Cl)cc(C2CC2(Cl)Cl)c1. The molecule has 0 amide bonds. The molecule has 0 aliphatic heterocycles. The molecule has 0 nitrogen and oxygen atoms in total. The topological polar surface area (TPSA) is 0 Å². The van der Waals surface area contributed by atoms with Crippen molar-refractivity contribution in [1.29, 1.82) is 0 Å². The van der Waals surface area contributed by atoms with Crippen LogP contribution in [-0.4, -0.2) is 4.33 Å². The van der Waals surface area contributed by atoms with E-state index in [4.69, 9.17) is 34.8 Å². The molecule has 1 aliphatic rings. The lowest BCUT2D eigenvalue weighted by atomic mass is 10.1. The Kier molecular flexibility index (Phi) is 2.84. The van der Waals surface area contributed by atoms with E-state index in [1.54, 1.807) is 0 Å². The molecule has 0 heterocycles. The number of alkyl halides is 5. The minimum absolute atomic E-state index is 0.0425. The van der Waals surface area contributed by atoms with Gasteiger partial charge in [0.15, 0.2) is 0 Å². The molecule has 1 aromatic rings. The lowest BCUT2D eigenvalue weighted by molar-refractivity contribution is -0.137. The Morgan fingerprint density at radius 1 is 1.19 bits per heavy atom. The molecular formula is C10H6Cl3F3. The molecule has 1 atom stereocenters. The highest BCUT2D eigenvalue weighted by molar-refractivity contribution is 6.51. The van der Waals surface area contributed by atoms with Crippen LogP contribution < -0.4 is 0 Å². The quantitative estimate of drug-likeness (QED) is 0.637. The Hall–Kier alpha value is -0.120. The molecule has 0 bridgehead atoms. The van der Waals surface area contributed by atoms with Crippen LogP contribution >= 0.6 is 34.8 Å². The van der Waals surface area contributed by atoms with Crippen LogP contribution in [0.1, 0.15) is 23.5 Å². The smallest absolute Gasteiger partial charge is 0.166 e. The van der Waals surface area contributed by atoms with Gasteiger partial charge in [-0.2, -0.15) is 13.2 Å². The summed E-state index contributed by atoms with van der Waals surface area (Å²) in [6, 6.07) is 3.40. The molecule has 2 rings (SSSR count). The molecule has 6 heteroatoms. The molecule has 1 unspecified atom stereocenters. The first-order chi connectivity index (χ1) is 7.20. The van der Waals surface area contributed by atoms with Crippen LogP contribution in [-0.2, 0) is 6.18 Å². The van der Waals surface area contributed by atoms with E-state index in [0.29, 0.717) is 12.0 Å². The van der Waals surface area contributed by atoms with Gasteiger partial charge in [0.25, 0.3) is 0 Å². The van der Waals surface area contributed by atoms with Crippen molar-refractivity contribution < 1.29 is 13.2 Å². The normalized spacial score (nSPS) is 23.2. The summed E-state index contributed by atoms with van der Waals surface area (Å²) in [7, 11) is 0. The molecule has 0 radical (unpaired) electrons. The third-order valence-corrected chi connectivity index (χ3v) is 3.53. The average Bonchev–Trinajstić information content (AvgIpc) is 2.72. The van der Waals surface area contributed by atoms with Gasteiger partial charge in [0.1, 0.15) is 4.33 Å². The summed E-state index contributed by atoms with van der Waals surface area (Å²) in [5.41, 5.74) is -0.337. The second-order valence-electron chi connectivity index (χ2n) is 3.79. The summed E-state index contributed by atoms with van der Waals surface area (Å²) in [5, 5.41) is 0.0425. The summed E-state index contributed by atoms with van der Waals surface area (Å²) >= 11 is 17.2. The van der Waals surface area contributed by atoms with Crippen molar-refractivity contribution in [1.82, 2.24) is 0 Å². The van der Waals surface area contributed by atoms with E-state index in [-0.39, 0.29) is 10.9 Å². The molecule has 0 saturated heterocycles. The molecule has 1 aromatic carbocycles. The Bertz CT molecular complexity index is 426. The van der Waals surface area contributed by atoms with E-state index in [2.05, 4.69) is 0 Å². The van der Waals surface area contributed by atoms with Gasteiger partial charge < -0.3 is 0 Å². The van der Waals surface area contributed by atoms with E-state index in [0.717, 1.165) is 12.1 Å². The van der Waals surface area contributed by atoms with Crippen LogP contribution in [0.25, 0.3) is 0 Å². The van der Waals surface area contributed by atoms with Crippen molar-refractivity contribution in [3.63, 3.8) is 0 Å². The molecule has 16 heavy (non-hydrogen) atoms. The fourth-order valence-electron chi connectivity index (χ4n) is 1.55. The Morgan fingerprint density at radius 2 is 1.75 bits per heavy atom. The Labute approximate surface area is 105 Å². The molecular weight excluding hydrogens is 283 g/mol. The monoisotopic (exact) mass is 288 g/mol. The van der Waals surface area contributed by atoms with Crippen LogP contribution in [0, 0.1) is 0 Å². The second-order valence-corrected chi connectivity index (χ2v) is 5.77. The highest BCUT2D eigenvalue weighted by Gasteiger charge is 2.52. The van der Waals surface area contributed by atoms with Crippen LogP contribution in [0.4, 0.5) is 13.2 Å². The van der Waals surface area contributed by atoms with Crippen molar-refractivity contribution in [2.75, 3.05) is 0 Å². The van der Waals surface area contributed by atoms with Crippen molar-refractivity contribution >= 4 is 34.8 Å². The summed E-state index contributed by atoms with van der Waals surface area (Å²) in [5.74, 6) is -0.268. The minimum Gasteiger partial charge on any atom is -0.166 e. The summed E-state index contributed by atoms with van der Waals surface area (Å²) in [4.78, 5) is 0. The molecule has 0 aromatic heterocycles. The van der Waals surface area contributed by atoms with Crippen molar-refractivity contribution in [3.8, 4) is 0 Å². The van der Waals surface area contributed by atoms with Gasteiger partial charge in [-0.15, -0.1) is 23.2 Å². The summed E-state index contributed by atoms with van der Waals surface area (Å²) in [6.07, 6.45) is -3.95. The molecule has 0 spiro atoms. The third-order valence-electron chi connectivity index (χ3n) is 2.48. The number of hydrogen-bond donors (Lipinski definition) is 0. The lowest BCUT2D eigenvalue weighted by Crippen LogP contribution is -2.05. The fourth-order valence-corrected chi connectivity index (χ4v) is 2.36. The van der Waals surface area contributed by atoms with Crippen LogP contribution in [0.5, 0.6) is 0 Å². The summed E-state index contributed by atoms with van der Waals surface area (Å²) in [6.45, 7) is 0. The van der Waals surface area contributed by atoms with E-state index >= 15 is 0 Å². The lowest BCUT2D eigenvalue weighted by Gasteiger charge is -2.10. The maximum atomic E-state index is 12.5. The zero-order valence-electron chi connectivity index (χ0n) is 7.78. The zero-order valence-corrected chi connectivity index (χ0v) is 10.1.